The Bertz CT molecular complexity index is 114. The minimum Gasteiger partial charge on any atom is -0.389 e. The van der Waals surface area contributed by atoms with Gasteiger partial charge in [-0.2, -0.15) is 11.8 Å². The van der Waals surface area contributed by atoms with Gasteiger partial charge in [0.05, 0.1) is 6.04 Å². The number of carbonyl (C=O) groups excluding carboxylic acids is 1. The molecule has 0 spiro atoms. The van der Waals surface area contributed by atoms with Gasteiger partial charge in [0.25, 0.3) is 0 Å². The van der Waals surface area contributed by atoms with E-state index in [-0.39, 0.29) is 25.9 Å². The molecule has 0 radical (unpaired) electrons. The molecular weight excluding hydrogens is 174 g/mol. The van der Waals surface area contributed by atoms with Gasteiger partial charge in [-0.1, -0.05) is 14.4 Å². The maximum Gasteiger partial charge on any atom is 0.175 e. The van der Waals surface area contributed by atoms with E-state index in [9.17, 15) is 4.79 Å². The normalized spacial score (nSPS) is 11.9. The third kappa shape index (κ3) is 5.57. The number of likely N-dealkylation sites (N-methyl/N-ethyl adjacent to an activating group) is 1. The first-order chi connectivity index (χ1) is 5.26. The van der Waals surface area contributed by atoms with Crippen LogP contribution in [0.25, 0.3) is 0 Å². The van der Waals surface area contributed by atoms with Crippen LogP contribution in [-0.4, -0.2) is 42.1 Å². The van der Waals surface area contributed by atoms with Crippen LogP contribution in [0.4, 0.5) is 0 Å². The lowest BCUT2D eigenvalue weighted by atomic mass is 10.2. The van der Waals surface area contributed by atoms with Gasteiger partial charge in [0.15, 0.2) is 5.78 Å². The molecule has 0 aliphatic rings. The number of hydrogen-bond donors (Lipinski definition) is 2. The second-order valence-electron chi connectivity index (χ2n) is 2.19. The maximum atomic E-state index is 11.0. The summed E-state index contributed by atoms with van der Waals surface area (Å²) in [5.74, 6) is 0.606. The summed E-state index contributed by atoms with van der Waals surface area (Å²) >= 11 is 1.60. The van der Waals surface area contributed by atoms with Crippen molar-refractivity contribution < 1.29 is 9.90 Å². The number of carbonyl (C=O) groups is 1. The van der Waals surface area contributed by atoms with Crippen molar-refractivity contribution in [2.24, 2.45) is 0 Å². The molecule has 1 atom stereocenters. The molecule has 0 bridgehead atoms. The third-order valence-electron chi connectivity index (χ3n) is 1.33. The fourth-order valence-corrected chi connectivity index (χ4v) is 1.43. The Labute approximate surface area is 78.9 Å². The number of Topliss-reactive ketones (excluding diaryl/α,β-unsaturated/α-hetero) is 1. The van der Waals surface area contributed by atoms with Crippen LogP contribution in [0.2, 0.25) is 0 Å². The van der Waals surface area contributed by atoms with Gasteiger partial charge in [0, 0.05) is 5.75 Å². The summed E-state index contributed by atoms with van der Waals surface area (Å²) in [6, 6.07) is -0.181. The average Bonchev–Trinajstić information content (AvgIpc) is 2.03. The van der Waals surface area contributed by atoms with Crippen LogP contribution in [0.5, 0.6) is 0 Å². The third-order valence-corrected chi connectivity index (χ3v) is 2.00. The zero-order chi connectivity index (χ0) is 8.69. The Balaban J connectivity index is 0. The van der Waals surface area contributed by atoms with Crippen LogP contribution in [0.15, 0.2) is 0 Å². The molecular formula is C8H19NO2S. The second kappa shape index (κ2) is 9.03. The number of ketones is 1. The molecule has 0 heterocycles. The summed E-state index contributed by atoms with van der Waals surface area (Å²) in [7, 11) is 0. The first kappa shape index (κ1) is 14.5. The predicted octanol–water partition coefficient (Wildman–Crippen LogP) is 0.525. The molecule has 0 aromatic heterocycles. The quantitative estimate of drug-likeness (QED) is 0.646. The maximum absolute atomic E-state index is 11.0. The van der Waals surface area contributed by atoms with Gasteiger partial charge >= 0.3 is 0 Å². The average molecular weight is 193 g/mol. The van der Waals surface area contributed by atoms with Gasteiger partial charge in [-0.25, -0.2) is 0 Å². The number of rotatable bonds is 6. The van der Waals surface area contributed by atoms with E-state index < -0.39 is 0 Å². The fourth-order valence-electron chi connectivity index (χ4n) is 0.789. The lowest BCUT2D eigenvalue weighted by Crippen LogP contribution is -2.40. The van der Waals surface area contributed by atoms with E-state index in [0.29, 0.717) is 0 Å². The van der Waals surface area contributed by atoms with Gasteiger partial charge in [-0.05, 0) is 12.8 Å². The summed E-state index contributed by atoms with van der Waals surface area (Å²) < 4.78 is 0. The zero-order valence-corrected chi connectivity index (χ0v) is 7.78. The topological polar surface area (TPSA) is 49.3 Å². The molecule has 3 nitrogen and oxygen atoms in total. The van der Waals surface area contributed by atoms with Crippen LogP contribution >= 0.6 is 11.8 Å². The Morgan fingerprint density at radius 2 is 2.25 bits per heavy atom. The van der Waals surface area contributed by atoms with Crippen molar-refractivity contribution in [3.05, 3.63) is 0 Å². The first-order valence-electron chi connectivity index (χ1n) is 3.62. The highest BCUT2D eigenvalue weighted by Crippen LogP contribution is 1.97. The smallest absolute Gasteiger partial charge is 0.175 e. The summed E-state index contributed by atoms with van der Waals surface area (Å²) in [6.07, 6.45) is 1.94. The fraction of sp³-hybridized carbons (Fsp3) is 0.875. The lowest BCUT2D eigenvalue weighted by molar-refractivity contribution is -0.123. The van der Waals surface area contributed by atoms with E-state index in [1.54, 1.807) is 11.8 Å². The van der Waals surface area contributed by atoms with E-state index in [1.807, 2.05) is 13.2 Å². The first-order valence-corrected chi connectivity index (χ1v) is 5.01. The number of hydrogen-bond acceptors (Lipinski definition) is 4. The molecule has 0 rings (SSSR count). The molecule has 1 unspecified atom stereocenters. The Kier molecular flexibility index (Phi) is 10.9. The summed E-state index contributed by atoms with van der Waals surface area (Å²) in [6.45, 7) is 2.34. The van der Waals surface area contributed by atoms with Crippen molar-refractivity contribution in [3.8, 4) is 0 Å². The molecule has 0 saturated heterocycles. The molecule has 0 aromatic carbocycles. The van der Waals surface area contributed by atoms with Gasteiger partial charge in [0.2, 0.25) is 0 Å². The molecule has 4 heteroatoms. The molecule has 0 aliphatic heterocycles. The van der Waals surface area contributed by atoms with Gasteiger partial charge in [-0.15, -0.1) is 0 Å². The molecule has 74 valence electrons. The molecule has 12 heavy (non-hydrogen) atoms. The van der Waals surface area contributed by atoms with Gasteiger partial charge in [-0.3, -0.25) is 4.79 Å². The van der Waals surface area contributed by atoms with Gasteiger partial charge in [0.1, 0.15) is 6.61 Å². The van der Waals surface area contributed by atoms with Crippen LogP contribution in [-0.2, 0) is 4.79 Å². The van der Waals surface area contributed by atoms with Crippen molar-refractivity contribution in [2.75, 3.05) is 25.2 Å². The highest BCUT2D eigenvalue weighted by Gasteiger charge is 2.14. The largest absolute Gasteiger partial charge is 0.389 e. The van der Waals surface area contributed by atoms with E-state index >= 15 is 0 Å². The standard InChI is InChI=1S/C7H15NO2S.CH4/c1-3-8-6(5-11-2)7(10)4-9;/h6,8-9H,3-5H2,1-2H3;1H4. The molecule has 2 N–H and O–H groups in total. The number of nitrogens with one attached hydrogen (secondary N) is 1. The molecule has 0 amide bonds. The minimum absolute atomic E-state index is 0. The van der Waals surface area contributed by atoms with Crippen molar-refractivity contribution in [1.82, 2.24) is 5.32 Å². The van der Waals surface area contributed by atoms with E-state index in [4.69, 9.17) is 5.11 Å². The van der Waals surface area contributed by atoms with Crippen molar-refractivity contribution in [3.63, 3.8) is 0 Å². The van der Waals surface area contributed by atoms with Crippen LogP contribution in [0.3, 0.4) is 0 Å². The van der Waals surface area contributed by atoms with E-state index in [0.717, 1.165) is 12.3 Å². The Hall–Kier alpha value is -0.0600. The predicted molar refractivity (Wildman–Crippen MR) is 54.7 cm³/mol. The highest BCUT2D eigenvalue weighted by atomic mass is 32.2. The monoisotopic (exact) mass is 193 g/mol. The molecule has 0 saturated carbocycles. The van der Waals surface area contributed by atoms with Crippen LogP contribution in [0.1, 0.15) is 14.4 Å². The van der Waals surface area contributed by atoms with E-state index in [2.05, 4.69) is 5.32 Å². The molecule has 0 aromatic rings. The summed E-state index contributed by atoms with van der Waals surface area (Å²) in [5.41, 5.74) is 0. The lowest BCUT2D eigenvalue weighted by Gasteiger charge is -2.13. The summed E-state index contributed by atoms with van der Waals surface area (Å²) in [5, 5.41) is 11.6. The Morgan fingerprint density at radius 3 is 2.58 bits per heavy atom. The van der Waals surface area contributed by atoms with E-state index in [1.165, 1.54) is 0 Å². The second-order valence-corrected chi connectivity index (χ2v) is 3.10. The van der Waals surface area contributed by atoms with Crippen LogP contribution < -0.4 is 5.32 Å². The Morgan fingerprint density at radius 1 is 1.67 bits per heavy atom. The number of aliphatic hydroxyl groups excluding tert-OH is 1. The van der Waals surface area contributed by atoms with Crippen molar-refractivity contribution in [1.29, 1.82) is 0 Å². The van der Waals surface area contributed by atoms with Crippen molar-refractivity contribution >= 4 is 17.5 Å². The van der Waals surface area contributed by atoms with Gasteiger partial charge < -0.3 is 10.4 Å². The highest BCUT2D eigenvalue weighted by molar-refractivity contribution is 7.98. The zero-order valence-electron chi connectivity index (χ0n) is 6.96. The summed E-state index contributed by atoms with van der Waals surface area (Å²) in [4.78, 5) is 11.0. The van der Waals surface area contributed by atoms with Crippen LogP contribution in [0, 0.1) is 0 Å². The molecule has 0 fully saturated rings. The van der Waals surface area contributed by atoms with Crippen molar-refractivity contribution in [2.45, 2.75) is 20.4 Å². The number of thioether (sulfide) groups is 1. The number of aliphatic hydroxyl groups is 1. The molecule has 0 aliphatic carbocycles. The SMILES string of the molecule is C.CCNC(CSC)C(=O)CO. The minimum atomic E-state index is -0.363.